The summed E-state index contributed by atoms with van der Waals surface area (Å²) < 4.78 is 7.22. The Morgan fingerprint density at radius 2 is 1.44 bits per heavy atom. The van der Waals surface area contributed by atoms with Gasteiger partial charge >= 0.3 is 5.97 Å². The number of rotatable bonds is 9. The Kier molecular flexibility index (Phi) is 9.67. The van der Waals surface area contributed by atoms with E-state index in [1.165, 1.54) is 11.1 Å². The molecular formula is C37H41ClN4O3. The summed E-state index contributed by atoms with van der Waals surface area (Å²) in [5.74, 6) is -0.348. The molecular weight excluding hydrogens is 584 g/mol. The number of carbonyl (C=O) groups is 2. The summed E-state index contributed by atoms with van der Waals surface area (Å²) in [6.45, 7) is 6.16. The van der Waals surface area contributed by atoms with Crippen LogP contribution in [0.15, 0.2) is 91.3 Å². The van der Waals surface area contributed by atoms with Crippen molar-refractivity contribution in [1.82, 2.24) is 19.4 Å². The third-order valence-electron chi connectivity index (χ3n) is 9.52. The van der Waals surface area contributed by atoms with Gasteiger partial charge in [-0.3, -0.25) is 14.5 Å². The molecule has 1 amide bonds. The number of halogens is 1. The van der Waals surface area contributed by atoms with Gasteiger partial charge in [-0.25, -0.2) is 4.98 Å². The fourth-order valence-electron chi connectivity index (χ4n) is 6.98. The van der Waals surface area contributed by atoms with E-state index in [1.807, 2.05) is 40.7 Å². The number of hydrogen-bond donors (Lipinski definition) is 0. The van der Waals surface area contributed by atoms with Gasteiger partial charge in [-0.2, -0.15) is 0 Å². The highest BCUT2D eigenvalue weighted by Gasteiger charge is 2.38. The summed E-state index contributed by atoms with van der Waals surface area (Å²) in [7, 11) is 0. The van der Waals surface area contributed by atoms with Crippen molar-refractivity contribution in [3.8, 4) is 0 Å². The number of aromatic nitrogens is 2. The standard InChI is InChI=1S/C37H41ClN4O3/c1-2-45-36(44)29-17-21-41(22-18-29)35(43)34-33(39-27-42(34)25-28-13-15-32(38)16-14-28)26-40-23-19-37(20-24-40,30-9-5-3-6-10-30)31-11-7-4-8-12-31/h3-16,27,29H,2,17-26H2,1H3. The lowest BCUT2D eigenvalue weighted by Crippen LogP contribution is -2.44. The number of amides is 1. The molecule has 45 heavy (non-hydrogen) atoms. The van der Waals surface area contributed by atoms with Gasteiger partial charge in [-0.1, -0.05) is 84.4 Å². The number of ether oxygens (including phenoxy) is 1. The van der Waals surface area contributed by atoms with Gasteiger partial charge < -0.3 is 14.2 Å². The molecule has 7 nitrogen and oxygen atoms in total. The maximum atomic E-state index is 14.2. The Hall–Kier alpha value is -3.94. The SMILES string of the molecule is CCOC(=O)C1CCN(C(=O)c2c(CN3CCC(c4ccccc4)(c4ccccc4)CC3)ncn2Cc2ccc(Cl)cc2)CC1. The average Bonchev–Trinajstić information content (AvgIpc) is 3.48. The third-order valence-corrected chi connectivity index (χ3v) is 9.77. The van der Waals surface area contributed by atoms with Crippen LogP contribution in [0.3, 0.4) is 0 Å². The Morgan fingerprint density at radius 1 is 0.844 bits per heavy atom. The van der Waals surface area contributed by atoms with Gasteiger partial charge in [0.2, 0.25) is 0 Å². The second kappa shape index (κ2) is 14.0. The Balaban J connectivity index is 1.22. The van der Waals surface area contributed by atoms with E-state index in [4.69, 9.17) is 21.3 Å². The van der Waals surface area contributed by atoms with Crippen LogP contribution in [0.5, 0.6) is 0 Å². The first-order valence-electron chi connectivity index (χ1n) is 16.0. The van der Waals surface area contributed by atoms with Gasteiger partial charge in [0.25, 0.3) is 5.91 Å². The number of nitrogens with zero attached hydrogens (tertiary/aromatic N) is 4. The minimum absolute atomic E-state index is 0.0290. The minimum Gasteiger partial charge on any atom is -0.466 e. The molecule has 2 saturated heterocycles. The van der Waals surface area contributed by atoms with Crippen molar-refractivity contribution in [1.29, 1.82) is 0 Å². The highest BCUT2D eigenvalue weighted by atomic mass is 35.5. The van der Waals surface area contributed by atoms with Crippen LogP contribution in [0.25, 0.3) is 0 Å². The molecule has 0 spiro atoms. The molecule has 1 aromatic heterocycles. The van der Waals surface area contributed by atoms with E-state index >= 15 is 0 Å². The van der Waals surface area contributed by atoms with Crippen molar-refractivity contribution in [2.24, 2.45) is 5.92 Å². The lowest BCUT2D eigenvalue weighted by Gasteiger charge is -2.43. The van der Waals surface area contributed by atoms with Crippen LogP contribution in [-0.4, -0.2) is 64.0 Å². The second-order valence-corrected chi connectivity index (χ2v) is 12.6. The van der Waals surface area contributed by atoms with Gasteiger partial charge in [0.1, 0.15) is 5.69 Å². The van der Waals surface area contributed by atoms with Gasteiger partial charge in [0.15, 0.2) is 0 Å². The third kappa shape index (κ3) is 6.85. The normalized spacial score (nSPS) is 17.2. The molecule has 3 heterocycles. The van der Waals surface area contributed by atoms with Crippen LogP contribution in [-0.2, 0) is 28.0 Å². The van der Waals surface area contributed by atoms with E-state index in [0.29, 0.717) is 56.3 Å². The molecule has 4 aromatic rings. The fraction of sp³-hybridized carbons (Fsp3) is 0.378. The summed E-state index contributed by atoms with van der Waals surface area (Å²) in [5, 5.41) is 0.679. The lowest BCUT2D eigenvalue weighted by atomic mass is 9.68. The highest BCUT2D eigenvalue weighted by molar-refractivity contribution is 6.30. The number of likely N-dealkylation sites (tertiary alicyclic amines) is 2. The Bertz CT molecular complexity index is 1530. The van der Waals surface area contributed by atoms with Gasteiger partial charge in [0.05, 0.1) is 24.5 Å². The molecule has 2 aliphatic heterocycles. The number of carbonyl (C=O) groups excluding carboxylic acids is 2. The van der Waals surface area contributed by atoms with Crippen LogP contribution in [0.4, 0.5) is 0 Å². The first-order valence-corrected chi connectivity index (χ1v) is 16.4. The molecule has 0 atom stereocenters. The first kappa shape index (κ1) is 31.1. The molecule has 3 aromatic carbocycles. The molecule has 234 valence electrons. The predicted octanol–water partition coefficient (Wildman–Crippen LogP) is 6.58. The zero-order chi connectivity index (χ0) is 31.2. The lowest BCUT2D eigenvalue weighted by molar-refractivity contribution is -0.149. The quantitative estimate of drug-likeness (QED) is 0.197. The largest absolute Gasteiger partial charge is 0.466 e. The van der Waals surface area contributed by atoms with E-state index in [1.54, 1.807) is 6.33 Å². The topological polar surface area (TPSA) is 67.7 Å². The molecule has 0 bridgehead atoms. The molecule has 8 heteroatoms. The summed E-state index contributed by atoms with van der Waals surface area (Å²) in [4.78, 5) is 35.6. The van der Waals surface area contributed by atoms with Gasteiger partial charge in [0, 0.05) is 36.6 Å². The van der Waals surface area contributed by atoms with E-state index < -0.39 is 0 Å². The molecule has 0 N–H and O–H groups in total. The molecule has 0 aliphatic carbocycles. The van der Waals surface area contributed by atoms with Crippen molar-refractivity contribution >= 4 is 23.5 Å². The van der Waals surface area contributed by atoms with Crippen molar-refractivity contribution in [3.05, 3.63) is 124 Å². The Labute approximate surface area is 270 Å². The number of imidazole rings is 1. The predicted molar refractivity (Wildman–Crippen MR) is 176 cm³/mol. The zero-order valence-corrected chi connectivity index (χ0v) is 26.7. The van der Waals surface area contributed by atoms with Gasteiger partial charge in [-0.05, 0) is 74.5 Å². The van der Waals surface area contributed by atoms with Crippen LogP contribution in [0, 0.1) is 5.92 Å². The van der Waals surface area contributed by atoms with Crippen molar-refractivity contribution < 1.29 is 14.3 Å². The molecule has 0 radical (unpaired) electrons. The molecule has 6 rings (SSSR count). The summed E-state index contributed by atoms with van der Waals surface area (Å²) >= 11 is 6.14. The smallest absolute Gasteiger partial charge is 0.309 e. The number of esters is 1. The molecule has 0 saturated carbocycles. The highest BCUT2D eigenvalue weighted by Crippen LogP contribution is 2.42. The van der Waals surface area contributed by atoms with E-state index in [2.05, 4.69) is 65.6 Å². The maximum absolute atomic E-state index is 14.2. The summed E-state index contributed by atoms with van der Waals surface area (Å²) in [6, 6.07) is 29.4. The number of benzene rings is 3. The van der Waals surface area contributed by atoms with E-state index in [-0.39, 0.29) is 23.2 Å². The fourth-order valence-corrected chi connectivity index (χ4v) is 7.11. The van der Waals surface area contributed by atoms with E-state index in [9.17, 15) is 9.59 Å². The average molecular weight is 625 g/mol. The maximum Gasteiger partial charge on any atom is 0.309 e. The second-order valence-electron chi connectivity index (χ2n) is 12.2. The van der Waals surface area contributed by atoms with Crippen molar-refractivity contribution in [3.63, 3.8) is 0 Å². The number of hydrogen-bond acceptors (Lipinski definition) is 5. The van der Waals surface area contributed by atoms with Crippen molar-refractivity contribution in [2.45, 2.75) is 51.1 Å². The minimum atomic E-state index is -0.162. The molecule has 2 aliphatic rings. The van der Waals surface area contributed by atoms with Crippen LogP contribution in [0.1, 0.15) is 65.5 Å². The van der Waals surface area contributed by atoms with Gasteiger partial charge in [-0.15, -0.1) is 0 Å². The summed E-state index contributed by atoms with van der Waals surface area (Å²) in [5.41, 5.74) is 5.13. The molecule has 0 unspecified atom stereocenters. The molecule has 2 fully saturated rings. The number of piperidine rings is 2. The Morgan fingerprint density at radius 3 is 2.02 bits per heavy atom. The van der Waals surface area contributed by atoms with E-state index in [0.717, 1.165) is 37.2 Å². The van der Waals surface area contributed by atoms with Crippen LogP contribution < -0.4 is 0 Å². The van der Waals surface area contributed by atoms with Crippen LogP contribution >= 0.6 is 11.6 Å². The zero-order valence-electron chi connectivity index (χ0n) is 25.9. The van der Waals surface area contributed by atoms with Crippen LogP contribution in [0.2, 0.25) is 5.02 Å². The first-order chi connectivity index (χ1) is 22.0. The monoisotopic (exact) mass is 624 g/mol. The van der Waals surface area contributed by atoms with Crippen molar-refractivity contribution in [2.75, 3.05) is 32.8 Å². The summed E-state index contributed by atoms with van der Waals surface area (Å²) in [6.07, 6.45) is 4.98.